The number of para-hydroxylation sites is 4. The van der Waals surface area contributed by atoms with Gasteiger partial charge in [0.2, 0.25) is 0 Å². The van der Waals surface area contributed by atoms with Gasteiger partial charge in [-0.15, -0.1) is 0 Å². The molecule has 24 rings (SSSR count). The maximum Gasteiger partial charge on any atom is 0.189 e. The van der Waals surface area contributed by atoms with E-state index in [0.29, 0.717) is 22.5 Å². The standard InChI is InChI=1S/2C50H26N4O2/c1-52-32-9-7-11-34(23-32)54-44-19-17-31(22-38(44)40-25-42-36-13-3-5-15-48(36)56-50(42)27-46(40)54)30-16-18-43-37(21-30)39-24-41-35-12-2-4-14-47(35)55-49(41)26-45(39)53(43)33-10-6-8-29(20-33)28-51;1-52-32-14-18-34(19-15-32)54-44-21-13-31(23-38(44)40-25-42-36-7-3-5-9-48(36)56-50(42)27-46(40)54)30-12-20-43-37(22-30)39-24-41-35-6-2-4-8-47(35)55-49(41)26-45(39)53(43)33-16-10-29(28-51)11-17-33/h2*2-27H. The molecular weight excluding hydrogens is 1380 g/mol. The Bertz CT molecular complexity index is 7950. The Labute approximate surface area is 635 Å². The van der Waals surface area contributed by atoms with E-state index in [1.807, 2.05) is 152 Å². The highest BCUT2D eigenvalue weighted by Crippen LogP contribution is 2.47. The predicted molar refractivity (Wildman–Crippen MR) is 452 cm³/mol. The predicted octanol–water partition coefficient (Wildman–Crippen LogP) is 27.5. The van der Waals surface area contributed by atoms with E-state index in [1.54, 1.807) is 0 Å². The van der Waals surface area contributed by atoms with E-state index in [4.69, 9.17) is 30.8 Å². The third kappa shape index (κ3) is 9.25. The summed E-state index contributed by atoms with van der Waals surface area (Å²) in [6.45, 7) is 15.2. The van der Waals surface area contributed by atoms with E-state index < -0.39 is 0 Å². The van der Waals surface area contributed by atoms with Crippen molar-refractivity contribution >= 4 is 186 Å². The van der Waals surface area contributed by atoms with Crippen LogP contribution < -0.4 is 0 Å². The van der Waals surface area contributed by atoms with Crippen molar-refractivity contribution in [2.45, 2.75) is 0 Å². The summed E-state index contributed by atoms with van der Waals surface area (Å²) in [5.41, 5.74) is 25.7. The second kappa shape index (κ2) is 23.7. The van der Waals surface area contributed by atoms with E-state index in [1.165, 1.54) is 0 Å². The van der Waals surface area contributed by atoms with Crippen LogP contribution in [0.2, 0.25) is 0 Å². The Morgan fingerprint density at radius 2 is 0.527 bits per heavy atom. The van der Waals surface area contributed by atoms with Crippen molar-refractivity contribution in [1.29, 1.82) is 10.5 Å². The van der Waals surface area contributed by atoms with E-state index in [9.17, 15) is 10.5 Å². The number of hydrogen-bond acceptors (Lipinski definition) is 6. The average Bonchev–Trinajstić information content (AvgIpc) is 1.59. The molecular formula is C100H52N8O4. The highest BCUT2D eigenvalue weighted by atomic mass is 16.3. The molecule has 0 aliphatic heterocycles. The minimum atomic E-state index is 0.589. The zero-order chi connectivity index (χ0) is 74.1. The van der Waals surface area contributed by atoms with Crippen LogP contribution in [0.4, 0.5) is 11.4 Å². The number of furan rings is 4. The second-order valence-electron chi connectivity index (χ2n) is 28.7. The quantitative estimate of drug-likeness (QED) is 0.153. The highest BCUT2D eigenvalue weighted by molar-refractivity contribution is 6.23. The number of hydrogen-bond donors (Lipinski definition) is 0. The van der Waals surface area contributed by atoms with Gasteiger partial charge in [0.15, 0.2) is 11.4 Å². The summed E-state index contributed by atoms with van der Waals surface area (Å²) in [5, 5.41) is 36.9. The lowest BCUT2D eigenvalue weighted by Gasteiger charge is -2.10. The van der Waals surface area contributed by atoms with Crippen LogP contribution in [0, 0.1) is 35.8 Å². The zero-order valence-corrected chi connectivity index (χ0v) is 59.2. The third-order valence-corrected chi connectivity index (χ3v) is 22.7. The normalized spacial score (nSPS) is 11.9. The molecule has 16 aromatic carbocycles. The average molecular weight is 1430 g/mol. The first kappa shape index (κ1) is 62.1. The molecule has 0 aliphatic carbocycles. The van der Waals surface area contributed by atoms with Gasteiger partial charge in [-0.3, -0.25) is 0 Å². The molecule has 516 valence electrons. The second-order valence-corrected chi connectivity index (χ2v) is 28.7. The van der Waals surface area contributed by atoms with E-state index >= 15 is 0 Å². The molecule has 24 aromatic rings. The number of nitriles is 2. The van der Waals surface area contributed by atoms with E-state index in [-0.39, 0.29) is 0 Å². The monoisotopic (exact) mass is 1430 g/mol. The summed E-state index contributed by atoms with van der Waals surface area (Å²) in [7, 11) is 0. The molecule has 0 spiro atoms. The Hall–Kier alpha value is -16.1. The number of benzene rings is 16. The maximum absolute atomic E-state index is 9.80. The fourth-order valence-electron chi connectivity index (χ4n) is 17.6. The lowest BCUT2D eigenvalue weighted by atomic mass is 10.00. The first-order chi connectivity index (χ1) is 55.3. The fraction of sp³-hybridized carbons (Fsp3) is 0. The number of nitrogens with zero attached hydrogens (tertiary/aromatic N) is 8. The van der Waals surface area contributed by atoms with Crippen LogP contribution in [0.3, 0.4) is 0 Å². The molecule has 0 radical (unpaired) electrons. The topological polar surface area (TPSA) is 129 Å². The molecule has 0 saturated carbocycles. The summed E-state index contributed by atoms with van der Waals surface area (Å²) >= 11 is 0. The molecule has 0 aliphatic rings. The van der Waals surface area contributed by atoms with Crippen molar-refractivity contribution in [2.75, 3.05) is 0 Å². The summed E-state index contributed by atoms with van der Waals surface area (Å²) in [4.78, 5) is 7.36. The van der Waals surface area contributed by atoms with Gasteiger partial charge in [-0.2, -0.15) is 10.5 Å². The number of fused-ring (bicyclic) bond motifs is 24. The SMILES string of the molecule is [C-]#[N+]c1ccc(-n2c3ccc(-c4ccc5c(c4)c4cc6c(cc4n5-c4ccc(C#N)cc4)oc4ccccc46)cc3c3cc4c(cc32)oc2ccccc24)cc1.[C-]#[N+]c1cccc(-n2c3ccc(-c4ccc5c(c4)c4cc6c(cc4n5-c4cccc(C#N)c4)oc4ccccc46)cc3c3cc4c(cc32)oc2ccccc24)c1. The molecule has 0 fully saturated rings. The van der Waals surface area contributed by atoms with Gasteiger partial charge < -0.3 is 35.9 Å². The summed E-state index contributed by atoms with van der Waals surface area (Å²) in [6.07, 6.45) is 0. The minimum absolute atomic E-state index is 0.589. The number of aromatic nitrogens is 4. The zero-order valence-electron chi connectivity index (χ0n) is 59.2. The van der Waals surface area contributed by atoms with Gasteiger partial charge in [0.05, 0.1) is 80.5 Å². The lowest BCUT2D eigenvalue weighted by molar-refractivity contribution is 0.669. The third-order valence-electron chi connectivity index (χ3n) is 22.7. The maximum atomic E-state index is 9.80. The Balaban J connectivity index is 0.000000134. The number of rotatable bonds is 6. The van der Waals surface area contributed by atoms with Crippen LogP contribution in [0.5, 0.6) is 0 Å². The molecule has 12 heteroatoms. The molecule has 0 unspecified atom stereocenters. The van der Waals surface area contributed by atoms with Crippen molar-refractivity contribution in [2.24, 2.45) is 0 Å². The Kier molecular flexibility index (Phi) is 13.1. The van der Waals surface area contributed by atoms with Gasteiger partial charge in [0.1, 0.15) is 44.7 Å². The van der Waals surface area contributed by atoms with Crippen molar-refractivity contribution in [3.05, 3.63) is 349 Å². The molecule has 0 atom stereocenters. The largest absolute Gasteiger partial charge is 0.456 e. The molecule has 0 saturated heterocycles. The van der Waals surface area contributed by atoms with Crippen molar-refractivity contribution in [3.8, 4) is 57.1 Å². The van der Waals surface area contributed by atoms with Crippen molar-refractivity contribution in [3.63, 3.8) is 0 Å². The molecule has 12 nitrogen and oxygen atoms in total. The van der Waals surface area contributed by atoms with Crippen LogP contribution in [0.1, 0.15) is 11.1 Å². The summed E-state index contributed by atoms with van der Waals surface area (Å²) in [6, 6.07) is 113. The smallest absolute Gasteiger partial charge is 0.189 e. The summed E-state index contributed by atoms with van der Waals surface area (Å²) < 4.78 is 34.5. The van der Waals surface area contributed by atoms with Crippen LogP contribution in [-0.4, -0.2) is 18.3 Å². The van der Waals surface area contributed by atoms with Crippen LogP contribution >= 0.6 is 0 Å². The molecule has 8 aromatic heterocycles. The highest BCUT2D eigenvalue weighted by Gasteiger charge is 2.24. The fourth-order valence-corrected chi connectivity index (χ4v) is 17.6. The molecule has 0 amide bonds. The first-order valence-electron chi connectivity index (χ1n) is 36.8. The van der Waals surface area contributed by atoms with Crippen molar-refractivity contribution < 1.29 is 17.7 Å². The summed E-state index contributed by atoms with van der Waals surface area (Å²) in [5.74, 6) is 0. The van der Waals surface area contributed by atoms with Gasteiger partial charge in [-0.1, -0.05) is 127 Å². The van der Waals surface area contributed by atoms with Crippen LogP contribution in [0.15, 0.2) is 333 Å². The van der Waals surface area contributed by atoms with E-state index in [2.05, 4.69) is 204 Å². The molecule has 112 heavy (non-hydrogen) atoms. The van der Waals surface area contributed by atoms with Gasteiger partial charge in [-0.05, 0) is 186 Å². The minimum Gasteiger partial charge on any atom is -0.456 e. The molecule has 8 heterocycles. The van der Waals surface area contributed by atoms with Crippen LogP contribution in [0.25, 0.3) is 230 Å². The molecule has 0 bridgehead atoms. The van der Waals surface area contributed by atoms with Gasteiger partial charge >= 0.3 is 0 Å². The van der Waals surface area contributed by atoms with Gasteiger partial charge in [0, 0.05) is 133 Å². The van der Waals surface area contributed by atoms with Crippen molar-refractivity contribution in [1.82, 2.24) is 18.3 Å². The van der Waals surface area contributed by atoms with Gasteiger partial charge in [0.25, 0.3) is 0 Å². The van der Waals surface area contributed by atoms with Crippen LogP contribution in [-0.2, 0) is 0 Å². The van der Waals surface area contributed by atoms with E-state index in [0.717, 1.165) is 220 Å². The lowest BCUT2D eigenvalue weighted by Crippen LogP contribution is -1.94. The first-order valence-corrected chi connectivity index (χ1v) is 36.8. The Morgan fingerprint density at radius 3 is 0.875 bits per heavy atom. The molecule has 0 N–H and O–H groups in total. The Morgan fingerprint density at radius 1 is 0.214 bits per heavy atom. The van der Waals surface area contributed by atoms with Gasteiger partial charge in [-0.25, -0.2) is 9.69 Å².